The average molecular weight is 186 g/mol. The Morgan fingerprint density at radius 1 is 1.42 bits per heavy atom. The van der Waals surface area contributed by atoms with E-state index in [0.29, 0.717) is 11.1 Å². The predicted molar refractivity (Wildman–Crippen MR) is 46.8 cm³/mol. The van der Waals surface area contributed by atoms with Crippen LogP contribution in [0.25, 0.3) is 0 Å². The van der Waals surface area contributed by atoms with Gasteiger partial charge >= 0.3 is 0 Å². The smallest absolute Gasteiger partial charge is 0.125 e. The molecule has 12 heavy (non-hydrogen) atoms. The Hall–Kier alpha value is -0.600. The van der Waals surface area contributed by atoms with Gasteiger partial charge in [-0.05, 0) is 36.7 Å². The molecular formula is C9H9ClFN. The van der Waals surface area contributed by atoms with Crippen molar-refractivity contribution in [2.45, 2.75) is 12.5 Å². The highest BCUT2D eigenvalue weighted by molar-refractivity contribution is 6.30. The molecular weight excluding hydrogens is 177 g/mol. The first-order valence-corrected chi connectivity index (χ1v) is 4.33. The second-order valence-corrected chi connectivity index (χ2v) is 3.43. The van der Waals surface area contributed by atoms with Gasteiger partial charge < -0.3 is 5.32 Å². The lowest BCUT2D eigenvalue weighted by Gasteiger charge is -2.28. The number of hydrogen-bond acceptors (Lipinski definition) is 1. The number of nitrogens with one attached hydrogen (secondary N) is 1. The summed E-state index contributed by atoms with van der Waals surface area (Å²) in [6.07, 6.45) is 1.07. The quantitative estimate of drug-likeness (QED) is 0.709. The van der Waals surface area contributed by atoms with Gasteiger partial charge in [-0.1, -0.05) is 11.6 Å². The summed E-state index contributed by atoms with van der Waals surface area (Å²) in [5, 5.41) is 3.66. The van der Waals surface area contributed by atoms with Gasteiger partial charge in [0.2, 0.25) is 0 Å². The third kappa shape index (κ3) is 1.45. The van der Waals surface area contributed by atoms with Gasteiger partial charge in [-0.3, -0.25) is 0 Å². The molecule has 1 N–H and O–H groups in total. The molecule has 1 fully saturated rings. The molecule has 1 heterocycles. The molecule has 1 aliphatic heterocycles. The highest BCUT2D eigenvalue weighted by atomic mass is 35.5. The molecule has 1 nitrogen and oxygen atoms in total. The van der Waals surface area contributed by atoms with Crippen molar-refractivity contribution in [1.29, 1.82) is 0 Å². The molecule has 0 spiro atoms. The van der Waals surface area contributed by atoms with Gasteiger partial charge in [-0.15, -0.1) is 0 Å². The van der Waals surface area contributed by atoms with Crippen LogP contribution < -0.4 is 5.32 Å². The van der Waals surface area contributed by atoms with Crippen molar-refractivity contribution in [3.8, 4) is 0 Å². The van der Waals surface area contributed by atoms with Gasteiger partial charge in [-0.2, -0.15) is 0 Å². The maximum absolute atomic E-state index is 12.8. The van der Waals surface area contributed by atoms with Crippen molar-refractivity contribution in [3.63, 3.8) is 0 Å². The monoisotopic (exact) mass is 185 g/mol. The molecule has 1 aliphatic rings. The maximum Gasteiger partial charge on any atom is 0.125 e. The molecule has 1 saturated heterocycles. The molecule has 64 valence electrons. The van der Waals surface area contributed by atoms with E-state index in [1.165, 1.54) is 12.1 Å². The van der Waals surface area contributed by atoms with Gasteiger partial charge in [0.15, 0.2) is 0 Å². The molecule has 1 aromatic carbocycles. The van der Waals surface area contributed by atoms with E-state index in [9.17, 15) is 4.39 Å². The minimum absolute atomic E-state index is 0.258. The van der Waals surface area contributed by atoms with Crippen molar-refractivity contribution in [2.75, 3.05) is 6.54 Å². The molecule has 0 aliphatic carbocycles. The van der Waals surface area contributed by atoms with E-state index in [1.54, 1.807) is 0 Å². The minimum atomic E-state index is -0.258. The van der Waals surface area contributed by atoms with Crippen LogP contribution in [0.5, 0.6) is 0 Å². The van der Waals surface area contributed by atoms with Crippen LogP contribution in [0.4, 0.5) is 4.39 Å². The minimum Gasteiger partial charge on any atom is -0.310 e. The molecule has 1 aromatic rings. The normalized spacial score (nSPS) is 22.0. The number of rotatable bonds is 1. The van der Waals surface area contributed by atoms with Crippen LogP contribution in [0.2, 0.25) is 5.02 Å². The van der Waals surface area contributed by atoms with Crippen LogP contribution in [0.1, 0.15) is 18.0 Å². The molecule has 1 atom stereocenters. The predicted octanol–water partition coefficient (Wildman–Crippen LogP) is 2.51. The summed E-state index contributed by atoms with van der Waals surface area (Å²) in [6, 6.07) is 4.96. The van der Waals surface area contributed by atoms with Crippen LogP contribution in [0.3, 0.4) is 0 Å². The zero-order valence-corrected chi connectivity index (χ0v) is 7.24. The van der Waals surface area contributed by atoms with Crippen LogP contribution in [0, 0.1) is 5.82 Å². The van der Waals surface area contributed by atoms with Crippen LogP contribution in [-0.4, -0.2) is 6.54 Å². The summed E-state index contributed by atoms with van der Waals surface area (Å²) in [6.45, 7) is 1.01. The Kier molecular flexibility index (Phi) is 2.03. The van der Waals surface area contributed by atoms with E-state index in [1.807, 2.05) is 6.07 Å². The van der Waals surface area contributed by atoms with Crippen LogP contribution in [-0.2, 0) is 0 Å². The van der Waals surface area contributed by atoms with E-state index in [2.05, 4.69) is 5.32 Å². The summed E-state index contributed by atoms with van der Waals surface area (Å²) < 4.78 is 12.8. The maximum atomic E-state index is 12.8. The fourth-order valence-electron chi connectivity index (χ4n) is 1.35. The lowest BCUT2D eigenvalue weighted by molar-refractivity contribution is 0.382. The number of hydrogen-bond donors (Lipinski definition) is 1. The molecule has 0 saturated carbocycles. The summed E-state index contributed by atoms with van der Waals surface area (Å²) in [5.74, 6) is -0.258. The average Bonchev–Trinajstić information content (AvgIpc) is 1.79. The first-order chi connectivity index (χ1) is 5.75. The lowest BCUT2D eigenvalue weighted by Crippen LogP contribution is -2.34. The second-order valence-electron chi connectivity index (χ2n) is 3.00. The summed E-state index contributed by atoms with van der Waals surface area (Å²) >= 11 is 5.71. The fraction of sp³-hybridized carbons (Fsp3) is 0.333. The van der Waals surface area contributed by atoms with Crippen molar-refractivity contribution in [2.24, 2.45) is 0 Å². The summed E-state index contributed by atoms with van der Waals surface area (Å²) in [4.78, 5) is 0. The van der Waals surface area contributed by atoms with Crippen LogP contribution in [0.15, 0.2) is 18.2 Å². The molecule has 2 rings (SSSR count). The van der Waals surface area contributed by atoms with Gasteiger partial charge in [0.25, 0.3) is 0 Å². The Morgan fingerprint density at radius 3 is 2.67 bits per heavy atom. The van der Waals surface area contributed by atoms with E-state index < -0.39 is 0 Å². The molecule has 0 unspecified atom stereocenters. The molecule has 3 heteroatoms. The number of benzene rings is 1. The lowest BCUT2D eigenvalue weighted by atomic mass is 9.98. The number of halogens is 2. The summed E-state index contributed by atoms with van der Waals surface area (Å²) in [5.41, 5.74) is 0.950. The van der Waals surface area contributed by atoms with E-state index in [4.69, 9.17) is 11.6 Å². The van der Waals surface area contributed by atoms with Crippen molar-refractivity contribution < 1.29 is 4.39 Å². The van der Waals surface area contributed by atoms with E-state index in [0.717, 1.165) is 18.5 Å². The highest BCUT2D eigenvalue weighted by Crippen LogP contribution is 2.25. The zero-order chi connectivity index (χ0) is 8.55. The standard InChI is InChI=1S/C9H9ClFN/c10-7-3-6(4-8(11)5-7)9-1-2-12-9/h3-5,9,12H,1-2H2/t9-/m1/s1. The van der Waals surface area contributed by atoms with E-state index >= 15 is 0 Å². The first kappa shape index (κ1) is 8.02. The Bertz CT molecular complexity index is 276. The van der Waals surface area contributed by atoms with Crippen molar-refractivity contribution >= 4 is 11.6 Å². The zero-order valence-electron chi connectivity index (χ0n) is 6.48. The Balaban J connectivity index is 2.30. The van der Waals surface area contributed by atoms with Gasteiger partial charge in [0.05, 0.1) is 0 Å². The van der Waals surface area contributed by atoms with Crippen molar-refractivity contribution in [1.82, 2.24) is 5.32 Å². The second kappa shape index (κ2) is 3.04. The molecule has 0 amide bonds. The SMILES string of the molecule is Fc1cc(Cl)cc([C@H]2CCN2)c1. The Labute approximate surface area is 75.5 Å². The first-order valence-electron chi connectivity index (χ1n) is 3.95. The molecule has 0 radical (unpaired) electrons. The van der Waals surface area contributed by atoms with Gasteiger partial charge in [0, 0.05) is 11.1 Å². The van der Waals surface area contributed by atoms with Crippen molar-refractivity contribution in [3.05, 3.63) is 34.6 Å². The molecule has 0 bridgehead atoms. The topological polar surface area (TPSA) is 12.0 Å². The van der Waals surface area contributed by atoms with Gasteiger partial charge in [-0.25, -0.2) is 4.39 Å². The Morgan fingerprint density at radius 2 is 2.17 bits per heavy atom. The van der Waals surface area contributed by atoms with Gasteiger partial charge in [0.1, 0.15) is 5.82 Å². The van der Waals surface area contributed by atoms with Crippen LogP contribution >= 0.6 is 11.6 Å². The third-order valence-corrected chi connectivity index (χ3v) is 2.33. The largest absolute Gasteiger partial charge is 0.310 e. The summed E-state index contributed by atoms with van der Waals surface area (Å²) in [7, 11) is 0. The van der Waals surface area contributed by atoms with E-state index in [-0.39, 0.29) is 5.82 Å². The fourth-order valence-corrected chi connectivity index (χ4v) is 1.58. The molecule has 0 aromatic heterocycles. The third-order valence-electron chi connectivity index (χ3n) is 2.11. The highest BCUT2D eigenvalue weighted by Gasteiger charge is 2.18.